The number of fused-ring (bicyclic) bond motifs is 7. The fourth-order valence-corrected chi connectivity index (χ4v) is 11.2. The first-order valence-electron chi connectivity index (χ1n) is 16.1. The maximum absolute atomic E-state index is 14.5. The summed E-state index contributed by atoms with van der Waals surface area (Å²) in [6.45, 7) is 15.9. The van der Waals surface area contributed by atoms with Crippen molar-refractivity contribution in [2.75, 3.05) is 7.11 Å². The summed E-state index contributed by atoms with van der Waals surface area (Å²) >= 11 is 6.18. The van der Waals surface area contributed by atoms with Crippen LogP contribution >= 0.6 is 11.6 Å². The third-order valence-corrected chi connectivity index (χ3v) is 14.5. The molecule has 0 N–H and O–H groups in total. The van der Waals surface area contributed by atoms with E-state index in [2.05, 4.69) is 46.3 Å². The minimum atomic E-state index is -0.550. The largest absolute Gasteiger partial charge is 0.469 e. The molecular formula is C35H51ClO6. The highest BCUT2D eigenvalue weighted by atomic mass is 35.5. The summed E-state index contributed by atoms with van der Waals surface area (Å²) in [5.41, 5.74) is -0.0404. The molecule has 0 unspecified atom stereocenters. The maximum atomic E-state index is 14.5. The molecule has 0 amide bonds. The Balaban J connectivity index is 1.46. The predicted octanol–water partition coefficient (Wildman–Crippen LogP) is 7.60. The summed E-state index contributed by atoms with van der Waals surface area (Å²) < 4.78 is 10.7. The van der Waals surface area contributed by atoms with E-state index in [9.17, 15) is 19.2 Å². The Hall–Kier alpha value is -1.69. The summed E-state index contributed by atoms with van der Waals surface area (Å²) in [5.74, 6) is -0.241. The standard InChI is InChI=1S/C35H51ClO6/c1-30(2)24-11-14-35(7)28(33(24,5)13-12-25(30)42-27(39)10-9-26(38)41-8)23(37)19-21-22-20-32(4,29(36)40)16-15-31(22,3)17-18-34(21,35)6/h19,22,24-25,28H,9-18,20H2,1-8H3/t22-,24-,25-,28+,31+,32-,33-,34+,35+/m0/s1. The number of ketones is 1. The minimum Gasteiger partial charge on any atom is -0.469 e. The number of hydrogen-bond donors (Lipinski definition) is 0. The zero-order chi connectivity index (χ0) is 31.1. The Morgan fingerprint density at radius 1 is 0.881 bits per heavy atom. The molecular weight excluding hydrogens is 552 g/mol. The van der Waals surface area contributed by atoms with E-state index >= 15 is 0 Å². The van der Waals surface area contributed by atoms with Gasteiger partial charge in [-0.3, -0.25) is 19.2 Å². The average Bonchev–Trinajstić information content (AvgIpc) is 2.91. The van der Waals surface area contributed by atoms with Crippen LogP contribution in [0.15, 0.2) is 11.6 Å². The van der Waals surface area contributed by atoms with Gasteiger partial charge in [-0.25, -0.2) is 0 Å². The van der Waals surface area contributed by atoms with Crippen LogP contribution < -0.4 is 0 Å². The van der Waals surface area contributed by atoms with Gasteiger partial charge < -0.3 is 9.47 Å². The number of esters is 2. The van der Waals surface area contributed by atoms with Crippen molar-refractivity contribution in [2.45, 2.75) is 125 Å². The lowest BCUT2D eigenvalue weighted by molar-refractivity contribution is -0.211. The molecule has 4 saturated carbocycles. The molecule has 0 bridgehead atoms. The van der Waals surface area contributed by atoms with E-state index in [4.69, 9.17) is 16.3 Å². The smallest absolute Gasteiger partial charge is 0.306 e. The number of hydrogen-bond acceptors (Lipinski definition) is 6. The van der Waals surface area contributed by atoms with E-state index in [1.54, 1.807) is 0 Å². The topological polar surface area (TPSA) is 86.7 Å². The second-order valence-corrected chi connectivity index (χ2v) is 16.8. The van der Waals surface area contributed by atoms with Crippen molar-refractivity contribution < 1.29 is 28.7 Å². The lowest BCUT2D eigenvalue weighted by Crippen LogP contribution is -2.66. The molecule has 9 atom stereocenters. The lowest BCUT2D eigenvalue weighted by atomic mass is 9.33. The summed E-state index contributed by atoms with van der Waals surface area (Å²) in [6.07, 6.45) is 9.89. The van der Waals surface area contributed by atoms with Crippen LogP contribution in [0.3, 0.4) is 0 Å². The van der Waals surface area contributed by atoms with Crippen LogP contribution in [0.25, 0.3) is 0 Å². The average molecular weight is 603 g/mol. The van der Waals surface area contributed by atoms with Crippen molar-refractivity contribution in [3.05, 3.63) is 11.6 Å². The number of rotatable bonds is 5. The highest BCUT2D eigenvalue weighted by Gasteiger charge is 2.70. The quantitative estimate of drug-likeness (QED) is 0.238. The van der Waals surface area contributed by atoms with Crippen LogP contribution in [0.4, 0.5) is 0 Å². The van der Waals surface area contributed by atoms with Crippen molar-refractivity contribution in [3.63, 3.8) is 0 Å². The van der Waals surface area contributed by atoms with E-state index in [1.807, 2.05) is 13.0 Å². The second kappa shape index (κ2) is 10.2. The number of ether oxygens (including phenoxy) is 2. The molecule has 0 aromatic rings. The number of carbonyl (C=O) groups is 4. The number of halogens is 1. The first-order valence-corrected chi connectivity index (χ1v) is 16.5. The number of methoxy groups -OCH3 is 1. The predicted molar refractivity (Wildman–Crippen MR) is 161 cm³/mol. The lowest BCUT2D eigenvalue weighted by Gasteiger charge is -2.70. The Labute approximate surface area is 257 Å². The number of carbonyl (C=O) groups excluding carboxylic acids is 4. The Morgan fingerprint density at radius 3 is 2.17 bits per heavy atom. The molecule has 7 heteroatoms. The monoisotopic (exact) mass is 602 g/mol. The van der Waals surface area contributed by atoms with Gasteiger partial charge in [-0.05, 0) is 109 Å². The Bertz CT molecular complexity index is 1220. The fourth-order valence-electron chi connectivity index (χ4n) is 11.1. The van der Waals surface area contributed by atoms with Gasteiger partial charge in [0.05, 0.1) is 20.0 Å². The summed E-state index contributed by atoms with van der Waals surface area (Å²) in [4.78, 5) is 51.3. The molecule has 0 aliphatic heterocycles. The van der Waals surface area contributed by atoms with Gasteiger partial charge in [-0.1, -0.05) is 54.0 Å². The molecule has 4 fully saturated rings. The molecule has 0 saturated heterocycles. The summed E-state index contributed by atoms with van der Waals surface area (Å²) in [5, 5.41) is -0.248. The van der Waals surface area contributed by atoms with Gasteiger partial charge in [0.25, 0.3) is 0 Å². The Kier molecular flexibility index (Phi) is 7.68. The van der Waals surface area contributed by atoms with Crippen molar-refractivity contribution in [1.29, 1.82) is 0 Å². The van der Waals surface area contributed by atoms with Crippen molar-refractivity contribution in [3.8, 4) is 0 Å². The summed E-state index contributed by atoms with van der Waals surface area (Å²) in [6, 6.07) is 0. The molecule has 5 aliphatic carbocycles. The van der Waals surface area contributed by atoms with E-state index in [0.29, 0.717) is 6.42 Å². The minimum absolute atomic E-state index is 0.0146. The van der Waals surface area contributed by atoms with Gasteiger partial charge in [0.2, 0.25) is 5.24 Å². The Morgan fingerprint density at radius 2 is 1.52 bits per heavy atom. The van der Waals surface area contributed by atoms with Crippen LogP contribution in [0.1, 0.15) is 119 Å². The van der Waals surface area contributed by atoms with Gasteiger partial charge in [0, 0.05) is 16.7 Å². The molecule has 0 radical (unpaired) electrons. The number of allylic oxidation sites excluding steroid dienone is 2. The van der Waals surface area contributed by atoms with Crippen molar-refractivity contribution in [1.82, 2.24) is 0 Å². The van der Waals surface area contributed by atoms with Crippen LogP contribution in [-0.4, -0.2) is 36.2 Å². The van der Waals surface area contributed by atoms with Crippen LogP contribution in [0.2, 0.25) is 0 Å². The van der Waals surface area contributed by atoms with Crippen LogP contribution in [-0.2, 0) is 28.7 Å². The van der Waals surface area contributed by atoms with Gasteiger partial charge in [-0.15, -0.1) is 0 Å². The fraction of sp³-hybridized carbons (Fsp3) is 0.829. The van der Waals surface area contributed by atoms with Crippen molar-refractivity contribution >= 4 is 34.6 Å². The third-order valence-electron chi connectivity index (χ3n) is 14.0. The van der Waals surface area contributed by atoms with Crippen LogP contribution in [0.5, 0.6) is 0 Å². The molecule has 6 nitrogen and oxygen atoms in total. The highest BCUT2D eigenvalue weighted by Crippen LogP contribution is 2.75. The summed E-state index contributed by atoms with van der Waals surface area (Å²) in [7, 11) is 1.32. The molecule has 5 rings (SSSR count). The maximum Gasteiger partial charge on any atom is 0.306 e. The van der Waals surface area contributed by atoms with E-state index in [1.165, 1.54) is 12.7 Å². The molecule has 0 aromatic carbocycles. The first kappa shape index (κ1) is 31.7. The van der Waals surface area contributed by atoms with Gasteiger partial charge in [0.15, 0.2) is 5.78 Å². The molecule has 42 heavy (non-hydrogen) atoms. The molecule has 0 heterocycles. The van der Waals surface area contributed by atoms with Gasteiger partial charge in [-0.2, -0.15) is 0 Å². The van der Waals surface area contributed by atoms with E-state index < -0.39 is 11.4 Å². The third kappa shape index (κ3) is 4.46. The first-order chi connectivity index (χ1) is 19.4. The zero-order valence-corrected chi connectivity index (χ0v) is 27.7. The van der Waals surface area contributed by atoms with Gasteiger partial charge in [0.1, 0.15) is 6.10 Å². The van der Waals surface area contributed by atoms with Crippen LogP contribution in [0, 0.1) is 50.2 Å². The molecule has 0 spiro atoms. The molecule has 0 aromatic heterocycles. The SMILES string of the molecule is COC(=O)CCC(=O)O[C@H]1CC[C@]2(C)[C@H]3C(=O)C=C4[C@@H]5C[C@@](C)(C(=O)Cl)CC[C@]5(C)CC[C@@]4(C)[C@]3(C)CC[C@H]2C1(C)C. The zero-order valence-electron chi connectivity index (χ0n) is 27.0. The van der Waals surface area contributed by atoms with Crippen molar-refractivity contribution in [2.24, 2.45) is 50.2 Å². The molecule has 234 valence electrons. The van der Waals surface area contributed by atoms with E-state index in [-0.39, 0.29) is 80.8 Å². The van der Waals surface area contributed by atoms with Gasteiger partial charge >= 0.3 is 11.9 Å². The molecule has 5 aliphatic rings. The normalized spacial score (nSPS) is 45.7. The second-order valence-electron chi connectivity index (χ2n) is 16.4. The highest BCUT2D eigenvalue weighted by molar-refractivity contribution is 6.64. The van der Waals surface area contributed by atoms with E-state index in [0.717, 1.165) is 51.4 Å².